The van der Waals surface area contributed by atoms with Crippen molar-refractivity contribution in [2.24, 2.45) is 5.92 Å². The Morgan fingerprint density at radius 3 is 1.58 bits per heavy atom. The fraction of sp³-hybridized carbons (Fsp3) is 0.500. The summed E-state index contributed by atoms with van der Waals surface area (Å²) >= 11 is 0. The van der Waals surface area contributed by atoms with E-state index in [0.717, 1.165) is 6.92 Å². The SMILES string of the molecule is CC(=O)C(C(=O)O)C(O)C(=O)O. The van der Waals surface area contributed by atoms with Crippen molar-refractivity contribution in [2.75, 3.05) is 0 Å². The van der Waals surface area contributed by atoms with Crippen LogP contribution >= 0.6 is 0 Å². The van der Waals surface area contributed by atoms with Crippen LogP contribution in [0, 0.1) is 5.92 Å². The molecule has 0 aliphatic heterocycles. The normalized spacial score (nSPS) is 14.8. The van der Waals surface area contributed by atoms with Gasteiger partial charge >= 0.3 is 11.9 Å². The molecular weight excluding hydrogens is 168 g/mol. The number of rotatable bonds is 4. The Balaban J connectivity index is 4.63. The van der Waals surface area contributed by atoms with Gasteiger partial charge in [0, 0.05) is 0 Å². The maximum Gasteiger partial charge on any atom is 0.333 e. The molecule has 3 N–H and O–H groups in total. The standard InChI is InChI=1S/C6H8O6/c1-2(7)3(5(9)10)4(8)6(11)12/h3-4,8H,1H3,(H,9,10)(H,11,12). The van der Waals surface area contributed by atoms with Gasteiger partial charge in [-0.05, 0) is 6.92 Å². The summed E-state index contributed by atoms with van der Waals surface area (Å²) in [5, 5.41) is 25.2. The summed E-state index contributed by atoms with van der Waals surface area (Å²) in [7, 11) is 0. The van der Waals surface area contributed by atoms with Gasteiger partial charge in [-0.1, -0.05) is 0 Å². The van der Waals surface area contributed by atoms with Crippen molar-refractivity contribution in [2.45, 2.75) is 13.0 Å². The van der Waals surface area contributed by atoms with Gasteiger partial charge in [0.15, 0.2) is 12.0 Å². The second kappa shape index (κ2) is 3.82. The van der Waals surface area contributed by atoms with Gasteiger partial charge in [0.2, 0.25) is 0 Å². The Kier molecular flexibility index (Phi) is 3.36. The van der Waals surface area contributed by atoms with Gasteiger partial charge in [-0.2, -0.15) is 0 Å². The van der Waals surface area contributed by atoms with Crippen molar-refractivity contribution in [3.8, 4) is 0 Å². The number of hydrogen-bond acceptors (Lipinski definition) is 4. The molecule has 0 heterocycles. The van der Waals surface area contributed by atoms with Crippen LogP contribution in [-0.4, -0.2) is 39.1 Å². The van der Waals surface area contributed by atoms with Crippen LogP contribution in [0.2, 0.25) is 0 Å². The van der Waals surface area contributed by atoms with E-state index < -0.39 is 29.7 Å². The van der Waals surface area contributed by atoms with E-state index in [4.69, 9.17) is 15.3 Å². The maximum atomic E-state index is 10.5. The first kappa shape index (κ1) is 10.6. The smallest absolute Gasteiger partial charge is 0.333 e. The second-order valence-electron chi connectivity index (χ2n) is 2.21. The lowest BCUT2D eigenvalue weighted by atomic mass is 9.99. The Hall–Kier alpha value is -1.43. The van der Waals surface area contributed by atoms with Crippen molar-refractivity contribution in [3.05, 3.63) is 0 Å². The lowest BCUT2D eigenvalue weighted by Crippen LogP contribution is -2.39. The predicted octanol–water partition coefficient (Wildman–Crippen LogP) is -1.28. The van der Waals surface area contributed by atoms with E-state index in [0.29, 0.717) is 0 Å². The molecule has 0 aromatic heterocycles. The number of Topliss-reactive ketones (excluding diaryl/α,β-unsaturated/α-hetero) is 1. The topological polar surface area (TPSA) is 112 Å². The number of hydrogen-bond donors (Lipinski definition) is 3. The highest BCUT2D eigenvalue weighted by Gasteiger charge is 2.35. The van der Waals surface area contributed by atoms with Gasteiger partial charge in [-0.15, -0.1) is 0 Å². The van der Waals surface area contributed by atoms with Gasteiger partial charge in [0.05, 0.1) is 0 Å². The zero-order valence-electron chi connectivity index (χ0n) is 6.22. The monoisotopic (exact) mass is 176 g/mol. The molecule has 0 aliphatic carbocycles. The molecule has 0 aliphatic rings. The highest BCUT2D eigenvalue weighted by Crippen LogP contribution is 2.05. The Labute approximate surface area is 67.4 Å². The van der Waals surface area contributed by atoms with Crippen LogP contribution in [0.3, 0.4) is 0 Å². The van der Waals surface area contributed by atoms with E-state index in [1.807, 2.05) is 0 Å². The van der Waals surface area contributed by atoms with E-state index in [9.17, 15) is 14.4 Å². The van der Waals surface area contributed by atoms with Crippen LogP contribution in [0.25, 0.3) is 0 Å². The molecule has 68 valence electrons. The summed E-state index contributed by atoms with van der Waals surface area (Å²) < 4.78 is 0. The first-order valence-electron chi connectivity index (χ1n) is 3.02. The first-order valence-corrected chi connectivity index (χ1v) is 3.02. The summed E-state index contributed by atoms with van der Waals surface area (Å²) in [6.45, 7) is 0.908. The molecular formula is C6H8O6. The quantitative estimate of drug-likeness (QED) is 0.460. The molecule has 0 radical (unpaired) electrons. The number of carbonyl (C=O) groups excluding carboxylic acids is 1. The molecule has 2 unspecified atom stereocenters. The minimum absolute atomic E-state index is 0.891. The van der Waals surface area contributed by atoms with Crippen molar-refractivity contribution in [1.82, 2.24) is 0 Å². The Bertz CT molecular complexity index is 206. The number of aliphatic hydroxyl groups excluding tert-OH is 1. The van der Waals surface area contributed by atoms with E-state index in [1.165, 1.54) is 0 Å². The second-order valence-corrected chi connectivity index (χ2v) is 2.21. The molecule has 6 heteroatoms. The van der Waals surface area contributed by atoms with Crippen molar-refractivity contribution >= 4 is 17.7 Å². The number of carbonyl (C=O) groups is 3. The lowest BCUT2D eigenvalue weighted by Gasteiger charge is -2.11. The zero-order valence-corrected chi connectivity index (χ0v) is 6.22. The number of ketones is 1. The fourth-order valence-corrected chi connectivity index (χ4v) is 0.674. The molecule has 6 nitrogen and oxygen atoms in total. The predicted molar refractivity (Wildman–Crippen MR) is 35.4 cm³/mol. The fourth-order valence-electron chi connectivity index (χ4n) is 0.674. The third kappa shape index (κ3) is 2.31. The zero-order chi connectivity index (χ0) is 9.89. The van der Waals surface area contributed by atoms with Crippen LogP contribution in [0.1, 0.15) is 6.92 Å². The molecule has 0 rings (SSSR count). The number of aliphatic hydroxyl groups is 1. The summed E-state index contributed by atoms with van der Waals surface area (Å²) in [4.78, 5) is 30.9. The first-order chi connectivity index (χ1) is 5.37. The molecule has 0 aromatic carbocycles. The molecule has 0 amide bonds. The third-order valence-corrected chi connectivity index (χ3v) is 1.27. The van der Waals surface area contributed by atoms with Gasteiger partial charge in [0.25, 0.3) is 0 Å². The molecule has 0 bridgehead atoms. The minimum atomic E-state index is -2.18. The third-order valence-electron chi connectivity index (χ3n) is 1.27. The Morgan fingerprint density at radius 1 is 1.08 bits per heavy atom. The summed E-state index contributed by atoms with van der Waals surface area (Å²) in [5.41, 5.74) is 0. The maximum absolute atomic E-state index is 10.5. The minimum Gasteiger partial charge on any atom is -0.481 e. The number of aliphatic carboxylic acids is 2. The van der Waals surface area contributed by atoms with Gasteiger partial charge in [0.1, 0.15) is 5.78 Å². The van der Waals surface area contributed by atoms with E-state index >= 15 is 0 Å². The van der Waals surface area contributed by atoms with E-state index in [-0.39, 0.29) is 0 Å². The van der Waals surface area contributed by atoms with E-state index in [2.05, 4.69) is 0 Å². The summed E-state index contributed by atoms with van der Waals surface area (Å²) in [5.74, 6) is -6.14. The average molecular weight is 176 g/mol. The highest BCUT2D eigenvalue weighted by atomic mass is 16.4. The molecule has 12 heavy (non-hydrogen) atoms. The summed E-state index contributed by atoms with van der Waals surface area (Å²) in [6, 6.07) is 0. The molecule has 0 spiro atoms. The largest absolute Gasteiger partial charge is 0.481 e. The summed E-state index contributed by atoms with van der Waals surface area (Å²) in [6.07, 6.45) is -2.18. The highest BCUT2D eigenvalue weighted by molar-refractivity contribution is 6.01. The molecule has 2 atom stereocenters. The molecule has 0 fully saturated rings. The van der Waals surface area contributed by atoms with Crippen molar-refractivity contribution in [1.29, 1.82) is 0 Å². The molecule has 0 saturated carbocycles. The van der Waals surface area contributed by atoms with Gasteiger partial charge < -0.3 is 15.3 Å². The average Bonchev–Trinajstić information content (AvgIpc) is 1.85. The van der Waals surface area contributed by atoms with Gasteiger partial charge in [-0.3, -0.25) is 9.59 Å². The Morgan fingerprint density at radius 2 is 1.50 bits per heavy atom. The lowest BCUT2D eigenvalue weighted by molar-refractivity contribution is -0.162. The van der Waals surface area contributed by atoms with Crippen molar-refractivity contribution in [3.63, 3.8) is 0 Å². The van der Waals surface area contributed by atoms with Crippen LogP contribution in [-0.2, 0) is 14.4 Å². The van der Waals surface area contributed by atoms with Crippen LogP contribution in [0.4, 0.5) is 0 Å². The number of carboxylic acid groups (broad SMARTS) is 2. The van der Waals surface area contributed by atoms with Crippen LogP contribution < -0.4 is 0 Å². The number of carboxylic acids is 2. The van der Waals surface area contributed by atoms with Crippen LogP contribution in [0.15, 0.2) is 0 Å². The molecule has 0 saturated heterocycles. The van der Waals surface area contributed by atoms with E-state index in [1.54, 1.807) is 0 Å². The van der Waals surface area contributed by atoms with Crippen molar-refractivity contribution < 1.29 is 29.7 Å². The van der Waals surface area contributed by atoms with Crippen LogP contribution in [0.5, 0.6) is 0 Å². The van der Waals surface area contributed by atoms with Gasteiger partial charge in [-0.25, -0.2) is 4.79 Å². The molecule has 0 aromatic rings.